The molecule has 0 radical (unpaired) electrons. The summed E-state index contributed by atoms with van der Waals surface area (Å²) in [7, 11) is 1.56. The molecule has 1 amide bonds. The van der Waals surface area contributed by atoms with E-state index in [2.05, 4.69) is 15.4 Å². The molecule has 0 aliphatic rings. The van der Waals surface area contributed by atoms with E-state index in [0.29, 0.717) is 19.0 Å². The van der Waals surface area contributed by atoms with E-state index in [0.717, 1.165) is 16.5 Å². The number of nitrogens with zero attached hydrogens (tertiary/aromatic N) is 4. The zero-order valence-corrected chi connectivity index (χ0v) is 15.1. The van der Waals surface area contributed by atoms with E-state index < -0.39 is 0 Å². The number of amides is 1. The largest absolute Gasteiger partial charge is 0.382 e. The molecule has 1 N–H and O–H groups in total. The minimum Gasteiger partial charge on any atom is -0.382 e. The van der Waals surface area contributed by atoms with Gasteiger partial charge in [0.2, 0.25) is 0 Å². The highest BCUT2D eigenvalue weighted by Crippen LogP contribution is 2.23. The van der Waals surface area contributed by atoms with Crippen molar-refractivity contribution in [3.05, 3.63) is 47.7 Å². The second-order valence-corrected chi connectivity index (χ2v) is 5.84. The number of hydrogen-bond donors (Lipinski definition) is 1. The number of carbonyl (C=O) groups excluding carboxylic acids is 1. The smallest absolute Gasteiger partial charge is 0.251 e. The van der Waals surface area contributed by atoms with Gasteiger partial charge in [-0.3, -0.25) is 4.79 Å². The van der Waals surface area contributed by atoms with E-state index in [1.54, 1.807) is 7.11 Å². The SMILES string of the molecule is COCCOCC(=O)Nc1c(C#N)cnn1-c1cc(C)c2ccccc2n1. The number of aromatic nitrogens is 3. The molecule has 0 aliphatic heterocycles. The fourth-order valence-electron chi connectivity index (χ4n) is 2.64. The third kappa shape index (κ3) is 4.11. The molecule has 2 heterocycles. The number of rotatable bonds is 7. The van der Waals surface area contributed by atoms with Crippen LogP contribution in [0.5, 0.6) is 0 Å². The number of para-hydroxylation sites is 1. The molecule has 0 unspecified atom stereocenters. The summed E-state index contributed by atoms with van der Waals surface area (Å²) in [5.41, 5.74) is 2.07. The summed E-state index contributed by atoms with van der Waals surface area (Å²) < 4.78 is 11.5. The Balaban J connectivity index is 1.90. The zero-order chi connectivity index (χ0) is 19.2. The van der Waals surface area contributed by atoms with Gasteiger partial charge in [-0.15, -0.1) is 0 Å². The van der Waals surface area contributed by atoms with Gasteiger partial charge in [0.15, 0.2) is 11.6 Å². The van der Waals surface area contributed by atoms with Gasteiger partial charge in [-0.1, -0.05) is 18.2 Å². The Bertz CT molecular complexity index is 1010. The maximum absolute atomic E-state index is 12.2. The van der Waals surface area contributed by atoms with Gasteiger partial charge in [0, 0.05) is 12.5 Å². The average Bonchev–Trinajstić information content (AvgIpc) is 3.07. The standard InChI is InChI=1S/C19H19N5O3/c1-13-9-17(22-16-6-4-3-5-15(13)16)24-19(14(10-20)11-21-24)23-18(25)12-27-8-7-26-2/h3-6,9,11H,7-8,12H2,1-2H3,(H,23,25). The maximum atomic E-state index is 12.2. The first-order chi connectivity index (χ1) is 13.1. The van der Waals surface area contributed by atoms with E-state index in [1.807, 2.05) is 43.3 Å². The van der Waals surface area contributed by atoms with E-state index in [1.165, 1.54) is 10.9 Å². The van der Waals surface area contributed by atoms with Gasteiger partial charge in [0.05, 0.1) is 24.9 Å². The second-order valence-electron chi connectivity index (χ2n) is 5.84. The van der Waals surface area contributed by atoms with Crippen LogP contribution in [0.15, 0.2) is 36.5 Å². The number of methoxy groups -OCH3 is 1. The lowest BCUT2D eigenvalue weighted by molar-refractivity contribution is -0.121. The van der Waals surface area contributed by atoms with Crippen LogP contribution < -0.4 is 5.32 Å². The van der Waals surface area contributed by atoms with Gasteiger partial charge in [-0.05, 0) is 24.6 Å². The molecule has 3 rings (SSSR count). The molecule has 138 valence electrons. The molecule has 0 spiro atoms. The number of hydrogen-bond acceptors (Lipinski definition) is 6. The highest BCUT2D eigenvalue weighted by molar-refractivity contribution is 5.92. The molecule has 8 nitrogen and oxygen atoms in total. The lowest BCUT2D eigenvalue weighted by atomic mass is 10.1. The van der Waals surface area contributed by atoms with Crippen molar-refractivity contribution in [2.75, 3.05) is 32.2 Å². The fourth-order valence-corrected chi connectivity index (χ4v) is 2.64. The summed E-state index contributed by atoms with van der Waals surface area (Å²) in [4.78, 5) is 16.8. The molecule has 2 aromatic heterocycles. The van der Waals surface area contributed by atoms with Gasteiger partial charge in [0.25, 0.3) is 5.91 Å². The van der Waals surface area contributed by atoms with Gasteiger partial charge >= 0.3 is 0 Å². The van der Waals surface area contributed by atoms with E-state index in [-0.39, 0.29) is 23.9 Å². The normalized spacial score (nSPS) is 10.7. The molecule has 0 fully saturated rings. The molecule has 8 heteroatoms. The number of pyridine rings is 1. The third-order valence-electron chi connectivity index (χ3n) is 3.94. The number of nitriles is 1. The van der Waals surface area contributed by atoms with Crippen LogP contribution in [0.4, 0.5) is 5.82 Å². The molecule has 0 saturated carbocycles. The average molecular weight is 365 g/mol. The van der Waals surface area contributed by atoms with Gasteiger partial charge in [-0.2, -0.15) is 15.0 Å². The molecule has 0 bridgehead atoms. The second kappa shape index (κ2) is 8.40. The summed E-state index contributed by atoms with van der Waals surface area (Å²) in [6.45, 7) is 2.53. The molecule has 27 heavy (non-hydrogen) atoms. The number of aryl methyl sites for hydroxylation is 1. The van der Waals surface area contributed by atoms with Crippen LogP contribution in [-0.4, -0.2) is 47.6 Å². The maximum Gasteiger partial charge on any atom is 0.251 e. The Kier molecular flexibility index (Phi) is 5.76. The van der Waals surface area contributed by atoms with Crippen LogP contribution in [0.1, 0.15) is 11.1 Å². The number of ether oxygens (including phenoxy) is 2. The van der Waals surface area contributed by atoms with Crippen molar-refractivity contribution < 1.29 is 14.3 Å². The molecule has 0 atom stereocenters. The lowest BCUT2D eigenvalue weighted by Crippen LogP contribution is -2.22. The van der Waals surface area contributed by atoms with Crippen molar-refractivity contribution in [1.82, 2.24) is 14.8 Å². The Hall–Kier alpha value is -3.28. The summed E-state index contributed by atoms with van der Waals surface area (Å²) in [6, 6.07) is 11.6. The van der Waals surface area contributed by atoms with Crippen LogP contribution in [0.25, 0.3) is 16.7 Å². The summed E-state index contributed by atoms with van der Waals surface area (Å²) in [6.07, 6.45) is 1.40. The van der Waals surface area contributed by atoms with Gasteiger partial charge < -0.3 is 14.8 Å². The topological polar surface area (TPSA) is 102 Å². The van der Waals surface area contributed by atoms with Crippen molar-refractivity contribution in [2.24, 2.45) is 0 Å². The fraction of sp³-hybridized carbons (Fsp3) is 0.263. The molecule has 0 saturated heterocycles. The minimum atomic E-state index is -0.387. The minimum absolute atomic E-state index is 0.149. The van der Waals surface area contributed by atoms with Crippen LogP contribution in [0.3, 0.4) is 0 Å². The molecule has 1 aromatic carbocycles. The highest BCUT2D eigenvalue weighted by atomic mass is 16.5. The number of carbonyl (C=O) groups is 1. The van der Waals surface area contributed by atoms with Crippen LogP contribution >= 0.6 is 0 Å². The third-order valence-corrected chi connectivity index (χ3v) is 3.94. The predicted octanol–water partition coefficient (Wildman–Crippen LogP) is 2.20. The Labute approximate surface area is 156 Å². The number of benzene rings is 1. The summed E-state index contributed by atoms with van der Waals surface area (Å²) in [5, 5.41) is 17.3. The van der Waals surface area contributed by atoms with Gasteiger partial charge in [-0.25, -0.2) is 4.98 Å². The Morgan fingerprint density at radius 2 is 2.15 bits per heavy atom. The van der Waals surface area contributed by atoms with E-state index in [4.69, 9.17) is 9.47 Å². The van der Waals surface area contributed by atoms with Crippen LogP contribution in [-0.2, 0) is 14.3 Å². The van der Waals surface area contributed by atoms with Gasteiger partial charge in [0.1, 0.15) is 18.2 Å². The molecule has 0 aliphatic carbocycles. The molecule has 3 aromatic rings. The Morgan fingerprint density at radius 1 is 1.33 bits per heavy atom. The van der Waals surface area contributed by atoms with E-state index in [9.17, 15) is 10.1 Å². The number of nitrogens with one attached hydrogen (secondary N) is 1. The van der Waals surface area contributed by atoms with Crippen molar-refractivity contribution >= 4 is 22.6 Å². The van der Waals surface area contributed by atoms with Crippen LogP contribution in [0.2, 0.25) is 0 Å². The zero-order valence-electron chi connectivity index (χ0n) is 15.1. The quantitative estimate of drug-likeness (QED) is 0.644. The summed E-state index contributed by atoms with van der Waals surface area (Å²) >= 11 is 0. The summed E-state index contributed by atoms with van der Waals surface area (Å²) in [5.74, 6) is 0.394. The predicted molar refractivity (Wildman–Crippen MR) is 99.6 cm³/mol. The highest BCUT2D eigenvalue weighted by Gasteiger charge is 2.17. The number of fused-ring (bicyclic) bond motifs is 1. The van der Waals surface area contributed by atoms with Crippen molar-refractivity contribution in [1.29, 1.82) is 5.26 Å². The molecular formula is C19H19N5O3. The lowest BCUT2D eigenvalue weighted by Gasteiger charge is -2.11. The van der Waals surface area contributed by atoms with Crippen molar-refractivity contribution in [3.8, 4) is 11.9 Å². The van der Waals surface area contributed by atoms with Crippen LogP contribution in [0, 0.1) is 18.3 Å². The van der Waals surface area contributed by atoms with Crippen molar-refractivity contribution in [2.45, 2.75) is 6.92 Å². The molecular weight excluding hydrogens is 346 g/mol. The monoisotopic (exact) mass is 365 g/mol. The van der Waals surface area contributed by atoms with Crippen molar-refractivity contribution in [3.63, 3.8) is 0 Å². The first kappa shape index (κ1) is 18.5. The first-order valence-electron chi connectivity index (χ1n) is 8.35. The number of anilines is 1. The van der Waals surface area contributed by atoms with E-state index >= 15 is 0 Å². The Morgan fingerprint density at radius 3 is 2.93 bits per heavy atom. The first-order valence-corrected chi connectivity index (χ1v) is 8.35.